The van der Waals surface area contributed by atoms with Crippen molar-refractivity contribution in [3.05, 3.63) is 0 Å². The summed E-state index contributed by atoms with van der Waals surface area (Å²) in [5.41, 5.74) is 0. The van der Waals surface area contributed by atoms with E-state index in [1.54, 1.807) is 0 Å². The van der Waals surface area contributed by atoms with Gasteiger partial charge in [-0.1, -0.05) is 71.6 Å². The van der Waals surface area contributed by atoms with Gasteiger partial charge in [0, 0.05) is 6.42 Å². The molecular weight excluding hydrogens is 430 g/mol. The third kappa shape index (κ3) is 11.4. The number of aliphatic hydroxyl groups excluding tert-OH is 5. The van der Waals surface area contributed by atoms with Crippen molar-refractivity contribution in [2.45, 2.75) is 134 Å². The Balaban J connectivity index is 2.60. The summed E-state index contributed by atoms with van der Waals surface area (Å²) in [6, 6.07) is -0.702. The first kappa shape index (κ1) is 30.2. The SMILES string of the molecule is CCCCCCCCCC(O)C(COC1OC(CO)C(O)C(O)C1O)NC(=O)CCCCC. The largest absolute Gasteiger partial charge is 0.394 e. The van der Waals surface area contributed by atoms with Crippen LogP contribution < -0.4 is 5.32 Å². The first-order chi connectivity index (χ1) is 15.8. The van der Waals surface area contributed by atoms with Gasteiger partial charge in [-0.3, -0.25) is 4.79 Å². The highest BCUT2D eigenvalue weighted by molar-refractivity contribution is 5.76. The van der Waals surface area contributed by atoms with Crippen molar-refractivity contribution in [1.29, 1.82) is 0 Å². The van der Waals surface area contributed by atoms with Crippen LogP contribution in [0.3, 0.4) is 0 Å². The standard InChI is InChI=1S/C24H47NO8/c1-3-5-7-8-9-10-12-13-18(27)17(25-20(28)14-11-6-4-2)16-32-24-23(31)22(30)21(29)19(15-26)33-24/h17-19,21-24,26-27,29-31H,3-16H2,1-2H3,(H,25,28). The number of hydrogen-bond donors (Lipinski definition) is 6. The summed E-state index contributed by atoms with van der Waals surface area (Å²) in [6.45, 7) is 3.55. The normalized spacial score (nSPS) is 27.3. The van der Waals surface area contributed by atoms with E-state index < -0.39 is 49.5 Å². The van der Waals surface area contributed by atoms with Crippen LogP contribution in [0.2, 0.25) is 0 Å². The Hall–Kier alpha value is -0.810. The van der Waals surface area contributed by atoms with Gasteiger partial charge in [-0.25, -0.2) is 0 Å². The molecule has 0 radical (unpaired) electrons. The van der Waals surface area contributed by atoms with Crippen LogP contribution in [0.15, 0.2) is 0 Å². The zero-order valence-corrected chi connectivity index (χ0v) is 20.4. The highest BCUT2D eigenvalue weighted by Gasteiger charge is 2.44. The lowest BCUT2D eigenvalue weighted by atomic mass is 9.99. The van der Waals surface area contributed by atoms with E-state index in [0.717, 1.165) is 38.5 Å². The minimum Gasteiger partial charge on any atom is -0.394 e. The van der Waals surface area contributed by atoms with E-state index in [1.165, 1.54) is 25.7 Å². The van der Waals surface area contributed by atoms with Gasteiger partial charge < -0.3 is 40.3 Å². The second kappa shape index (κ2) is 17.6. The average molecular weight is 478 g/mol. The second-order valence-corrected chi connectivity index (χ2v) is 9.14. The van der Waals surface area contributed by atoms with Crippen molar-refractivity contribution in [3.63, 3.8) is 0 Å². The van der Waals surface area contributed by atoms with Gasteiger partial charge >= 0.3 is 0 Å². The molecule has 9 heteroatoms. The smallest absolute Gasteiger partial charge is 0.220 e. The Morgan fingerprint density at radius 1 is 0.909 bits per heavy atom. The summed E-state index contributed by atoms with van der Waals surface area (Å²) in [5.74, 6) is -0.176. The van der Waals surface area contributed by atoms with E-state index >= 15 is 0 Å². The Kier molecular flexibility index (Phi) is 16.1. The van der Waals surface area contributed by atoms with Gasteiger partial charge in [0.1, 0.15) is 24.4 Å². The molecule has 6 N–H and O–H groups in total. The molecule has 0 bridgehead atoms. The molecule has 1 rings (SSSR count). The predicted octanol–water partition coefficient (Wildman–Crippen LogP) is 1.37. The van der Waals surface area contributed by atoms with Gasteiger partial charge in [-0.05, 0) is 12.8 Å². The summed E-state index contributed by atoms with van der Waals surface area (Å²) >= 11 is 0. The lowest BCUT2D eigenvalue weighted by Crippen LogP contribution is -2.60. The lowest BCUT2D eigenvalue weighted by molar-refractivity contribution is -0.302. The van der Waals surface area contributed by atoms with Crippen LogP contribution in [0.25, 0.3) is 0 Å². The molecule has 196 valence electrons. The van der Waals surface area contributed by atoms with Crippen LogP contribution in [-0.4, -0.2) is 87.5 Å². The number of hydrogen-bond acceptors (Lipinski definition) is 8. The Morgan fingerprint density at radius 2 is 1.52 bits per heavy atom. The number of unbranched alkanes of at least 4 members (excludes halogenated alkanes) is 8. The maximum Gasteiger partial charge on any atom is 0.220 e. The fourth-order valence-corrected chi connectivity index (χ4v) is 3.98. The van der Waals surface area contributed by atoms with E-state index in [0.29, 0.717) is 12.8 Å². The zero-order valence-electron chi connectivity index (χ0n) is 20.4. The number of carbonyl (C=O) groups is 1. The molecule has 1 heterocycles. The van der Waals surface area contributed by atoms with Crippen LogP contribution in [0.5, 0.6) is 0 Å². The van der Waals surface area contributed by atoms with Crippen LogP contribution in [-0.2, 0) is 14.3 Å². The summed E-state index contributed by atoms with van der Waals surface area (Å²) in [6.07, 6.45) is 3.62. The molecule has 0 aromatic rings. The number of ether oxygens (including phenoxy) is 2. The minimum absolute atomic E-state index is 0.139. The number of carbonyl (C=O) groups excluding carboxylic acids is 1. The van der Waals surface area contributed by atoms with Crippen molar-refractivity contribution in [2.24, 2.45) is 0 Å². The molecule has 0 aromatic heterocycles. The van der Waals surface area contributed by atoms with E-state index in [1.807, 2.05) is 0 Å². The van der Waals surface area contributed by atoms with Crippen molar-refractivity contribution in [3.8, 4) is 0 Å². The fourth-order valence-electron chi connectivity index (χ4n) is 3.98. The number of rotatable bonds is 18. The van der Waals surface area contributed by atoms with Gasteiger partial charge in [-0.15, -0.1) is 0 Å². The Labute approximate surface area is 198 Å². The quantitative estimate of drug-likeness (QED) is 0.162. The van der Waals surface area contributed by atoms with Gasteiger partial charge in [0.2, 0.25) is 5.91 Å². The highest BCUT2D eigenvalue weighted by Crippen LogP contribution is 2.22. The number of nitrogens with one attached hydrogen (secondary N) is 1. The third-order valence-electron chi connectivity index (χ3n) is 6.21. The maximum atomic E-state index is 12.4. The molecule has 1 aliphatic heterocycles. The molecule has 1 fully saturated rings. The average Bonchev–Trinajstić information content (AvgIpc) is 2.80. The van der Waals surface area contributed by atoms with E-state index in [2.05, 4.69) is 19.2 Å². The maximum absolute atomic E-state index is 12.4. The third-order valence-corrected chi connectivity index (χ3v) is 6.21. The van der Waals surface area contributed by atoms with E-state index in [-0.39, 0.29) is 12.5 Å². The molecule has 7 atom stereocenters. The molecule has 0 spiro atoms. The van der Waals surface area contributed by atoms with Crippen molar-refractivity contribution in [1.82, 2.24) is 5.32 Å². The molecule has 0 aromatic carbocycles. The summed E-state index contributed by atoms with van der Waals surface area (Å²) in [4.78, 5) is 12.4. The molecule has 9 nitrogen and oxygen atoms in total. The van der Waals surface area contributed by atoms with Crippen LogP contribution in [0.4, 0.5) is 0 Å². The van der Waals surface area contributed by atoms with Gasteiger partial charge in [0.25, 0.3) is 0 Å². The van der Waals surface area contributed by atoms with Gasteiger partial charge in [-0.2, -0.15) is 0 Å². The molecular formula is C24H47NO8. The van der Waals surface area contributed by atoms with Crippen LogP contribution in [0, 0.1) is 0 Å². The molecule has 33 heavy (non-hydrogen) atoms. The predicted molar refractivity (Wildman–Crippen MR) is 124 cm³/mol. The number of amides is 1. The van der Waals surface area contributed by atoms with Crippen LogP contribution in [0.1, 0.15) is 90.9 Å². The molecule has 0 aliphatic carbocycles. The van der Waals surface area contributed by atoms with E-state index in [9.17, 15) is 30.3 Å². The lowest BCUT2D eigenvalue weighted by Gasteiger charge is -2.40. The summed E-state index contributed by atoms with van der Waals surface area (Å²) in [5, 5.41) is 52.9. The number of aliphatic hydroxyl groups is 5. The second-order valence-electron chi connectivity index (χ2n) is 9.14. The fraction of sp³-hybridized carbons (Fsp3) is 0.958. The molecule has 0 saturated carbocycles. The molecule has 1 saturated heterocycles. The molecule has 7 unspecified atom stereocenters. The Morgan fingerprint density at radius 3 is 2.15 bits per heavy atom. The van der Waals surface area contributed by atoms with Crippen molar-refractivity contribution < 1.29 is 39.8 Å². The van der Waals surface area contributed by atoms with Gasteiger partial charge in [0.05, 0.1) is 25.4 Å². The zero-order chi connectivity index (χ0) is 24.6. The topological polar surface area (TPSA) is 149 Å². The molecule has 1 aliphatic rings. The Bertz CT molecular complexity index is 507. The first-order valence-corrected chi connectivity index (χ1v) is 12.7. The van der Waals surface area contributed by atoms with Crippen molar-refractivity contribution in [2.75, 3.05) is 13.2 Å². The van der Waals surface area contributed by atoms with Crippen molar-refractivity contribution >= 4 is 5.91 Å². The first-order valence-electron chi connectivity index (χ1n) is 12.7. The van der Waals surface area contributed by atoms with E-state index in [4.69, 9.17) is 9.47 Å². The monoisotopic (exact) mass is 477 g/mol. The summed E-state index contributed by atoms with van der Waals surface area (Å²) < 4.78 is 11.0. The minimum atomic E-state index is -1.54. The highest BCUT2D eigenvalue weighted by atomic mass is 16.7. The summed E-state index contributed by atoms with van der Waals surface area (Å²) in [7, 11) is 0. The van der Waals surface area contributed by atoms with Crippen LogP contribution >= 0.6 is 0 Å². The molecule has 1 amide bonds. The van der Waals surface area contributed by atoms with Gasteiger partial charge in [0.15, 0.2) is 6.29 Å².